The SMILES string of the molecule is Nc1ncnc2c1ncn2[C@H]1C[C@H](O)[C@@H](C(O)Br)O1. The number of halogens is 1. The van der Waals surface area contributed by atoms with E-state index in [4.69, 9.17) is 10.5 Å². The molecule has 102 valence electrons. The molecule has 4 N–H and O–H groups in total. The average molecular weight is 330 g/mol. The third-order valence-corrected chi connectivity index (χ3v) is 3.63. The number of aliphatic hydroxyl groups excluding tert-OH is 2. The molecule has 8 nitrogen and oxygen atoms in total. The van der Waals surface area contributed by atoms with Gasteiger partial charge in [0.2, 0.25) is 0 Å². The van der Waals surface area contributed by atoms with E-state index >= 15 is 0 Å². The van der Waals surface area contributed by atoms with Crippen molar-refractivity contribution in [2.45, 2.75) is 29.9 Å². The number of rotatable bonds is 2. The summed E-state index contributed by atoms with van der Waals surface area (Å²) in [6.07, 6.45) is 1.31. The number of alkyl halides is 1. The Morgan fingerprint density at radius 1 is 1.47 bits per heavy atom. The normalized spacial score (nSPS) is 28.9. The first-order valence-electron chi connectivity index (χ1n) is 5.66. The first-order valence-corrected chi connectivity index (χ1v) is 6.58. The number of nitrogens with zero attached hydrogens (tertiary/aromatic N) is 4. The lowest BCUT2D eigenvalue weighted by atomic mass is 10.2. The van der Waals surface area contributed by atoms with E-state index in [1.54, 1.807) is 4.57 Å². The number of imidazole rings is 1. The van der Waals surface area contributed by atoms with E-state index in [1.807, 2.05) is 0 Å². The van der Waals surface area contributed by atoms with Gasteiger partial charge in [-0.05, 0) is 0 Å². The van der Waals surface area contributed by atoms with Gasteiger partial charge in [0.15, 0.2) is 11.5 Å². The molecule has 0 spiro atoms. The molecular weight excluding hydrogens is 318 g/mol. The highest BCUT2D eigenvalue weighted by molar-refractivity contribution is 9.09. The number of nitrogen functional groups attached to an aromatic ring is 1. The highest BCUT2D eigenvalue weighted by atomic mass is 79.9. The minimum Gasteiger partial charge on any atom is -0.390 e. The molecular formula is C10H12BrN5O3. The molecule has 9 heteroatoms. The number of aromatic nitrogens is 4. The summed E-state index contributed by atoms with van der Waals surface area (Å²) in [6.45, 7) is 0. The second-order valence-corrected chi connectivity index (χ2v) is 5.25. The summed E-state index contributed by atoms with van der Waals surface area (Å²) in [6, 6.07) is 0. The fourth-order valence-corrected chi connectivity index (χ4v) is 2.65. The van der Waals surface area contributed by atoms with Crippen LogP contribution < -0.4 is 5.73 Å². The Kier molecular flexibility index (Phi) is 3.13. The number of ether oxygens (including phenoxy) is 1. The molecule has 0 aliphatic carbocycles. The third kappa shape index (κ3) is 2.08. The molecule has 0 bridgehead atoms. The topological polar surface area (TPSA) is 119 Å². The van der Waals surface area contributed by atoms with E-state index in [1.165, 1.54) is 12.7 Å². The van der Waals surface area contributed by atoms with E-state index in [-0.39, 0.29) is 0 Å². The molecule has 0 radical (unpaired) electrons. The Bertz CT molecular complexity index is 604. The van der Waals surface area contributed by atoms with E-state index in [9.17, 15) is 10.2 Å². The largest absolute Gasteiger partial charge is 0.390 e. The number of nitrogens with two attached hydrogens (primary N) is 1. The van der Waals surface area contributed by atoms with Crippen molar-refractivity contribution in [1.29, 1.82) is 0 Å². The van der Waals surface area contributed by atoms with Crippen LogP contribution in [-0.2, 0) is 4.74 Å². The fourth-order valence-electron chi connectivity index (χ4n) is 2.18. The summed E-state index contributed by atoms with van der Waals surface area (Å²) in [7, 11) is 0. The van der Waals surface area contributed by atoms with Gasteiger partial charge in [-0.25, -0.2) is 15.0 Å². The van der Waals surface area contributed by atoms with Gasteiger partial charge in [0.1, 0.15) is 29.2 Å². The Hall–Kier alpha value is -1.29. The third-order valence-electron chi connectivity index (χ3n) is 3.11. The van der Waals surface area contributed by atoms with Crippen LogP contribution in [0.2, 0.25) is 0 Å². The smallest absolute Gasteiger partial charge is 0.167 e. The maximum absolute atomic E-state index is 9.85. The first-order chi connectivity index (χ1) is 9.08. The van der Waals surface area contributed by atoms with Gasteiger partial charge in [0.05, 0.1) is 12.4 Å². The minimum absolute atomic E-state index is 0.291. The zero-order valence-corrected chi connectivity index (χ0v) is 11.3. The second kappa shape index (κ2) is 4.67. The van der Waals surface area contributed by atoms with Crippen LogP contribution in [0.3, 0.4) is 0 Å². The summed E-state index contributed by atoms with van der Waals surface area (Å²) in [5, 5.41) is 18.4. The van der Waals surface area contributed by atoms with Crippen molar-refractivity contribution in [3.63, 3.8) is 0 Å². The average Bonchev–Trinajstić information content (AvgIpc) is 2.93. The Morgan fingerprint density at radius 2 is 2.26 bits per heavy atom. The van der Waals surface area contributed by atoms with Crippen LogP contribution in [0, 0.1) is 0 Å². The molecule has 3 heterocycles. The van der Waals surface area contributed by atoms with Crippen LogP contribution in [0.5, 0.6) is 0 Å². The van der Waals surface area contributed by atoms with Crippen LogP contribution in [0.1, 0.15) is 12.6 Å². The Labute approximate surface area is 116 Å². The van der Waals surface area contributed by atoms with Gasteiger partial charge in [-0.3, -0.25) is 4.57 Å². The molecule has 3 rings (SSSR count). The predicted molar refractivity (Wildman–Crippen MR) is 69.2 cm³/mol. The van der Waals surface area contributed by atoms with Crippen molar-refractivity contribution in [3.8, 4) is 0 Å². The van der Waals surface area contributed by atoms with Crippen molar-refractivity contribution in [3.05, 3.63) is 12.7 Å². The Balaban J connectivity index is 1.96. The molecule has 0 aromatic carbocycles. The molecule has 19 heavy (non-hydrogen) atoms. The summed E-state index contributed by atoms with van der Waals surface area (Å²) in [5.41, 5.74) is 6.73. The van der Waals surface area contributed by atoms with Gasteiger partial charge >= 0.3 is 0 Å². The van der Waals surface area contributed by atoms with Crippen LogP contribution in [0.15, 0.2) is 12.7 Å². The highest BCUT2D eigenvalue weighted by Crippen LogP contribution is 2.33. The molecule has 2 aromatic heterocycles. The van der Waals surface area contributed by atoms with Crippen LogP contribution in [-0.4, -0.2) is 47.0 Å². The molecule has 0 saturated carbocycles. The van der Waals surface area contributed by atoms with Crippen molar-refractivity contribution >= 4 is 32.9 Å². The van der Waals surface area contributed by atoms with Crippen molar-refractivity contribution in [2.24, 2.45) is 0 Å². The highest BCUT2D eigenvalue weighted by Gasteiger charge is 2.39. The summed E-state index contributed by atoms with van der Waals surface area (Å²) in [5.74, 6) is 0.291. The molecule has 1 aliphatic heterocycles. The molecule has 1 unspecified atom stereocenters. The van der Waals surface area contributed by atoms with Gasteiger partial charge in [0.25, 0.3) is 0 Å². The Morgan fingerprint density at radius 3 is 2.95 bits per heavy atom. The number of hydrogen-bond donors (Lipinski definition) is 3. The van der Waals surface area contributed by atoms with Crippen LogP contribution >= 0.6 is 15.9 Å². The van der Waals surface area contributed by atoms with Crippen molar-refractivity contribution < 1.29 is 14.9 Å². The van der Waals surface area contributed by atoms with E-state index in [0.29, 0.717) is 23.4 Å². The summed E-state index contributed by atoms with van der Waals surface area (Å²) < 4.78 is 7.27. The van der Waals surface area contributed by atoms with Crippen LogP contribution in [0.4, 0.5) is 5.82 Å². The number of hydrogen-bond acceptors (Lipinski definition) is 7. The fraction of sp³-hybridized carbons (Fsp3) is 0.500. The minimum atomic E-state index is -0.929. The molecule has 1 saturated heterocycles. The van der Waals surface area contributed by atoms with Gasteiger partial charge in [-0.15, -0.1) is 0 Å². The summed E-state index contributed by atoms with van der Waals surface area (Å²) >= 11 is 2.99. The lowest BCUT2D eigenvalue weighted by Gasteiger charge is -2.16. The second-order valence-electron chi connectivity index (χ2n) is 4.31. The maximum atomic E-state index is 9.85. The first kappa shape index (κ1) is 12.7. The molecule has 4 atom stereocenters. The molecule has 1 fully saturated rings. The van der Waals surface area contributed by atoms with Gasteiger partial charge in [0, 0.05) is 6.42 Å². The van der Waals surface area contributed by atoms with Crippen molar-refractivity contribution in [1.82, 2.24) is 19.5 Å². The zero-order chi connectivity index (χ0) is 13.6. The monoisotopic (exact) mass is 329 g/mol. The van der Waals surface area contributed by atoms with Gasteiger partial charge in [-0.2, -0.15) is 0 Å². The van der Waals surface area contributed by atoms with E-state index < -0.39 is 23.4 Å². The van der Waals surface area contributed by atoms with Crippen molar-refractivity contribution in [2.75, 3.05) is 5.73 Å². The van der Waals surface area contributed by atoms with Crippen LogP contribution in [0.25, 0.3) is 11.2 Å². The van der Waals surface area contributed by atoms with E-state index in [2.05, 4.69) is 30.9 Å². The molecule has 2 aromatic rings. The maximum Gasteiger partial charge on any atom is 0.167 e. The number of anilines is 1. The number of fused-ring (bicyclic) bond motifs is 1. The standard InChI is InChI=1S/C10H12BrN5O3/c11-8(18)7-4(17)1-5(19-7)16-3-15-6-9(12)13-2-14-10(6)16/h2-5,7-8,17-18H,1H2,(H2,12,13,14)/t4-,5+,7-,8?/m0/s1. The predicted octanol–water partition coefficient (Wildman–Crippen LogP) is -0.230. The zero-order valence-electron chi connectivity index (χ0n) is 9.72. The molecule has 0 amide bonds. The quantitative estimate of drug-likeness (QED) is 0.651. The van der Waals surface area contributed by atoms with Gasteiger partial charge < -0.3 is 20.7 Å². The lowest BCUT2D eigenvalue weighted by Crippen LogP contribution is -2.30. The lowest BCUT2D eigenvalue weighted by molar-refractivity contribution is -0.0519. The number of aliphatic hydroxyl groups is 2. The van der Waals surface area contributed by atoms with E-state index in [0.717, 1.165) is 0 Å². The summed E-state index contributed by atoms with van der Waals surface area (Å²) in [4.78, 5) is 12.1. The molecule has 1 aliphatic rings. The van der Waals surface area contributed by atoms with Gasteiger partial charge in [-0.1, -0.05) is 15.9 Å².